The minimum absolute atomic E-state index is 0.0427. The van der Waals surface area contributed by atoms with E-state index in [4.69, 9.17) is 20.8 Å². The first-order valence-electron chi connectivity index (χ1n) is 12.4. The third-order valence-electron chi connectivity index (χ3n) is 6.83. The molecule has 0 radical (unpaired) electrons. The number of methoxy groups -OCH3 is 3. The summed E-state index contributed by atoms with van der Waals surface area (Å²) < 4.78 is 17.0. The molecular formula is C29H27N3O8S. The van der Waals surface area contributed by atoms with Crippen molar-refractivity contribution in [1.82, 2.24) is 5.32 Å². The highest BCUT2D eigenvalue weighted by Crippen LogP contribution is 2.50. The molecule has 0 unspecified atom stereocenters. The molecule has 0 spiro atoms. The van der Waals surface area contributed by atoms with Gasteiger partial charge >= 0.3 is 0 Å². The number of hydrogen-bond acceptors (Lipinski definition) is 9. The van der Waals surface area contributed by atoms with Crippen molar-refractivity contribution in [2.45, 2.75) is 30.4 Å². The van der Waals surface area contributed by atoms with Gasteiger partial charge in [0.1, 0.15) is 6.61 Å². The summed E-state index contributed by atoms with van der Waals surface area (Å²) in [4.78, 5) is 45.9. The lowest BCUT2D eigenvalue weighted by atomic mass is 9.95. The number of rotatable bonds is 9. The Labute approximate surface area is 240 Å². The molecule has 4 rings (SSSR count). The molecule has 212 valence electrons. The van der Waals surface area contributed by atoms with Gasteiger partial charge in [-0.15, -0.1) is 21.9 Å². The number of benzene rings is 2. The van der Waals surface area contributed by atoms with E-state index < -0.39 is 23.6 Å². The minimum atomic E-state index is -0.956. The Kier molecular flexibility index (Phi) is 8.99. The van der Waals surface area contributed by atoms with Gasteiger partial charge in [0.2, 0.25) is 17.3 Å². The lowest BCUT2D eigenvalue weighted by molar-refractivity contribution is -0.762. The number of carbonyl (C=O) groups is 1. The molecular weight excluding hydrogens is 550 g/mol. The average Bonchev–Trinajstić information content (AvgIpc) is 3.22. The number of thioether (sulfide) groups is 1. The van der Waals surface area contributed by atoms with Gasteiger partial charge in [-0.1, -0.05) is 24.3 Å². The van der Waals surface area contributed by atoms with Crippen LogP contribution in [0.3, 0.4) is 0 Å². The predicted octanol–water partition coefficient (Wildman–Crippen LogP) is 5.14. The van der Waals surface area contributed by atoms with Crippen LogP contribution in [0, 0.1) is 16.7 Å². The van der Waals surface area contributed by atoms with Crippen LogP contribution < -0.4 is 25.0 Å². The first kappa shape index (κ1) is 29.2. The molecule has 3 aromatic rings. The number of carbonyl (C=O) groups excluding carboxylic acids is 1. The van der Waals surface area contributed by atoms with Crippen molar-refractivity contribution in [2.24, 2.45) is 0 Å². The van der Waals surface area contributed by atoms with E-state index in [9.17, 15) is 19.7 Å². The van der Waals surface area contributed by atoms with Crippen molar-refractivity contribution in [3.63, 3.8) is 0 Å². The van der Waals surface area contributed by atoms with Crippen LogP contribution in [0.2, 0.25) is 0 Å². The van der Waals surface area contributed by atoms with Gasteiger partial charge in [-0.05, 0) is 59.6 Å². The summed E-state index contributed by atoms with van der Waals surface area (Å²) in [5, 5.41) is 12.7. The molecule has 1 aliphatic rings. The fourth-order valence-corrected chi connectivity index (χ4v) is 5.46. The van der Waals surface area contributed by atoms with E-state index in [0.717, 1.165) is 11.1 Å². The number of para-hydroxylation sites is 1. The third kappa shape index (κ3) is 5.76. The average molecular weight is 578 g/mol. The van der Waals surface area contributed by atoms with Gasteiger partial charge in [0, 0.05) is 11.1 Å². The van der Waals surface area contributed by atoms with Crippen LogP contribution in [0.1, 0.15) is 39.5 Å². The molecule has 0 saturated heterocycles. The van der Waals surface area contributed by atoms with E-state index >= 15 is 0 Å². The zero-order chi connectivity index (χ0) is 29.7. The summed E-state index contributed by atoms with van der Waals surface area (Å²) in [6.07, 6.45) is 2.72. The van der Waals surface area contributed by atoms with Crippen molar-refractivity contribution in [3.8, 4) is 28.4 Å². The molecule has 0 aliphatic heterocycles. The summed E-state index contributed by atoms with van der Waals surface area (Å²) in [6, 6.07) is 10.8. The van der Waals surface area contributed by atoms with Gasteiger partial charge in [0.25, 0.3) is 5.09 Å². The fourth-order valence-electron chi connectivity index (χ4n) is 5.00. The second-order valence-corrected chi connectivity index (χ2v) is 9.79. The van der Waals surface area contributed by atoms with Crippen molar-refractivity contribution < 1.29 is 28.9 Å². The molecule has 0 bridgehead atoms. The topological polar surface area (TPSA) is 131 Å². The SMILES string of the molecule is [C-]#[N+]c1c(CO[N+](=O)[O-])cccc1C(=O)N[C@H]1CCc2cc(OC)c(OC)c(OC)c2-c2ccc(SC)c(=O)cc21. The quantitative estimate of drug-likeness (QED) is 0.159. The van der Waals surface area contributed by atoms with Crippen LogP contribution in [0.25, 0.3) is 16.0 Å². The molecule has 0 aromatic heterocycles. The van der Waals surface area contributed by atoms with Crippen LogP contribution in [0.4, 0.5) is 5.69 Å². The standard InChI is InChI=1S/C29H27N3O8S/c1-30-26-17(15-40-32(35)36)7-6-8-19(26)29(34)31-21-11-9-16-13-23(37-2)27(38-3)28(39-4)25(16)18-10-12-24(41-5)22(33)14-20(18)21/h6-8,10,12-14,21H,9,11,15H2,2-5H3,(H,31,34)/t21-/m0/s1. The summed E-state index contributed by atoms with van der Waals surface area (Å²) >= 11 is 1.31. The molecule has 11 nitrogen and oxygen atoms in total. The number of amides is 1. The summed E-state index contributed by atoms with van der Waals surface area (Å²) in [6.45, 7) is 7.15. The predicted molar refractivity (Wildman–Crippen MR) is 153 cm³/mol. The Balaban J connectivity index is 1.87. The second kappa shape index (κ2) is 12.6. The van der Waals surface area contributed by atoms with E-state index in [-0.39, 0.29) is 22.2 Å². The van der Waals surface area contributed by atoms with Crippen LogP contribution in [0.5, 0.6) is 17.2 Å². The lowest BCUT2D eigenvalue weighted by Crippen LogP contribution is -2.29. The Morgan fingerprint density at radius 2 is 1.90 bits per heavy atom. The smallest absolute Gasteiger partial charge is 0.294 e. The molecule has 0 fully saturated rings. The van der Waals surface area contributed by atoms with Gasteiger partial charge < -0.3 is 24.4 Å². The van der Waals surface area contributed by atoms with Gasteiger partial charge in [-0.25, -0.2) is 4.85 Å². The Hall–Kier alpha value is -4.76. The molecule has 0 heterocycles. The van der Waals surface area contributed by atoms with Crippen molar-refractivity contribution in [1.29, 1.82) is 0 Å². The zero-order valence-corrected chi connectivity index (χ0v) is 23.6. The number of fused-ring (bicyclic) bond motifs is 3. The van der Waals surface area contributed by atoms with Gasteiger partial charge in [-0.2, -0.15) is 0 Å². The molecule has 1 aliphatic carbocycles. The van der Waals surface area contributed by atoms with Crippen LogP contribution in [-0.2, 0) is 17.9 Å². The van der Waals surface area contributed by atoms with Gasteiger partial charge in [0.05, 0.1) is 38.8 Å². The Morgan fingerprint density at radius 1 is 1.15 bits per heavy atom. The van der Waals surface area contributed by atoms with Crippen molar-refractivity contribution in [2.75, 3.05) is 27.6 Å². The number of hydrogen-bond donors (Lipinski definition) is 1. The summed E-state index contributed by atoms with van der Waals surface area (Å²) in [5.41, 5.74) is 2.85. The lowest BCUT2D eigenvalue weighted by Gasteiger charge is -2.20. The molecule has 1 N–H and O–H groups in total. The maximum absolute atomic E-state index is 13.6. The molecule has 0 saturated carbocycles. The van der Waals surface area contributed by atoms with Crippen LogP contribution in [0.15, 0.2) is 52.2 Å². The van der Waals surface area contributed by atoms with Gasteiger partial charge in [0.15, 0.2) is 16.9 Å². The Bertz CT molecular complexity index is 1620. The highest BCUT2D eigenvalue weighted by molar-refractivity contribution is 7.98. The van der Waals surface area contributed by atoms with Crippen LogP contribution >= 0.6 is 11.8 Å². The second-order valence-electron chi connectivity index (χ2n) is 8.95. The maximum atomic E-state index is 13.6. The molecule has 1 amide bonds. The normalized spacial score (nSPS) is 13.5. The van der Waals surface area contributed by atoms with E-state index in [1.54, 1.807) is 6.07 Å². The largest absolute Gasteiger partial charge is 0.493 e. The highest BCUT2D eigenvalue weighted by Gasteiger charge is 2.30. The zero-order valence-electron chi connectivity index (χ0n) is 22.8. The van der Waals surface area contributed by atoms with Gasteiger partial charge in [-0.3, -0.25) is 9.59 Å². The maximum Gasteiger partial charge on any atom is 0.294 e. The van der Waals surface area contributed by atoms with E-state index in [1.165, 1.54) is 57.4 Å². The first-order valence-corrected chi connectivity index (χ1v) is 13.6. The summed E-state index contributed by atoms with van der Waals surface area (Å²) in [7, 11) is 4.57. The molecule has 12 heteroatoms. The van der Waals surface area contributed by atoms with E-state index in [1.807, 2.05) is 18.4 Å². The van der Waals surface area contributed by atoms with Crippen molar-refractivity contribution in [3.05, 3.63) is 96.5 Å². The molecule has 1 atom stereocenters. The minimum Gasteiger partial charge on any atom is -0.493 e. The van der Waals surface area contributed by atoms with Crippen molar-refractivity contribution >= 4 is 23.4 Å². The molecule has 3 aromatic carbocycles. The number of ether oxygens (including phenoxy) is 3. The number of nitrogens with one attached hydrogen (secondary N) is 1. The fraction of sp³-hybridized carbons (Fsp3) is 0.276. The number of aryl methyl sites for hydroxylation is 1. The van der Waals surface area contributed by atoms with E-state index in [2.05, 4.69) is 15.0 Å². The highest BCUT2D eigenvalue weighted by atomic mass is 32.2. The van der Waals surface area contributed by atoms with E-state index in [0.29, 0.717) is 46.1 Å². The third-order valence-corrected chi connectivity index (χ3v) is 7.60. The summed E-state index contributed by atoms with van der Waals surface area (Å²) in [5.74, 6) is 0.758. The Morgan fingerprint density at radius 3 is 2.54 bits per heavy atom. The first-order chi connectivity index (χ1) is 19.8. The molecule has 41 heavy (non-hydrogen) atoms. The number of nitrogens with zero attached hydrogens (tertiary/aromatic N) is 2. The van der Waals surface area contributed by atoms with Crippen LogP contribution in [-0.4, -0.2) is 38.6 Å². The monoisotopic (exact) mass is 577 g/mol.